The van der Waals surface area contributed by atoms with E-state index >= 15 is 0 Å². The summed E-state index contributed by atoms with van der Waals surface area (Å²) in [6, 6.07) is 2.12. The number of aliphatic hydroxyl groups excluding tert-OH is 1. The molecule has 104 valence electrons. The van der Waals surface area contributed by atoms with Crippen molar-refractivity contribution in [2.75, 3.05) is 19.7 Å². The van der Waals surface area contributed by atoms with Gasteiger partial charge in [0.1, 0.15) is 0 Å². The molecule has 3 nitrogen and oxygen atoms in total. The van der Waals surface area contributed by atoms with Gasteiger partial charge >= 0.3 is 0 Å². The van der Waals surface area contributed by atoms with Crippen LogP contribution in [-0.2, 0) is 12.8 Å². The molecule has 0 radical (unpaired) electrons. The van der Waals surface area contributed by atoms with Crippen molar-refractivity contribution < 1.29 is 9.90 Å². The van der Waals surface area contributed by atoms with Gasteiger partial charge in [0, 0.05) is 24.6 Å². The second-order valence-corrected chi connectivity index (χ2v) is 6.82. The quantitative estimate of drug-likeness (QED) is 0.903. The van der Waals surface area contributed by atoms with Crippen molar-refractivity contribution in [2.24, 2.45) is 5.92 Å². The molecule has 1 N–H and O–H groups in total. The zero-order valence-corrected chi connectivity index (χ0v) is 12.0. The number of likely N-dealkylation sites (tertiary alicyclic amines) is 1. The maximum Gasteiger partial charge on any atom is 0.263 e. The van der Waals surface area contributed by atoms with Gasteiger partial charge in [0.25, 0.3) is 5.91 Å². The number of hydrogen-bond donors (Lipinski definition) is 1. The van der Waals surface area contributed by atoms with Gasteiger partial charge in [-0.3, -0.25) is 4.79 Å². The average Bonchev–Trinajstić information content (AvgIpc) is 2.90. The van der Waals surface area contributed by atoms with Crippen LogP contribution < -0.4 is 0 Å². The molecule has 0 atom stereocenters. The predicted octanol–water partition coefficient (Wildman–Crippen LogP) is 2.47. The van der Waals surface area contributed by atoms with Gasteiger partial charge < -0.3 is 10.0 Å². The SMILES string of the molecule is O=C(c1cc2c(s1)CCCC2)N1CCC(CO)CC1. The highest BCUT2D eigenvalue weighted by atomic mass is 32.1. The highest BCUT2D eigenvalue weighted by Crippen LogP contribution is 2.31. The second kappa shape index (κ2) is 5.63. The van der Waals surface area contributed by atoms with E-state index in [9.17, 15) is 4.79 Å². The van der Waals surface area contributed by atoms with E-state index in [1.165, 1.54) is 23.3 Å². The monoisotopic (exact) mass is 279 g/mol. The van der Waals surface area contributed by atoms with E-state index in [4.69, 9.17) is 5.11 Å². The van der Waals surface area contributed by atoms with Crippen molar-refractivity contribution in [2.45, 2.75) is 38.5 Å². The molecule has 2 heterocycles. The number of carbonyl (C=O) groups is 1. The summed E-state index contributed by atoms with van der Waals surface area (Å²) in [5, 5.41) is 9.14. The van der Waals surface area contributed by atoms with E-state index in [1.807, 2.05) is 4.90 Å². The molecule has 1 fully saturated rings. The van der Waals surface area contributed by atoms with Crippen LogP contribution in [0.1, 0.15) is 45.8 Å². The van der Waals surface area contributed by atoms with E-state index in [0.717, 1.165) is 43.6 Å². The first kappa shape index (κ1) is 13.1. The minimum absolute atomic E-state index is 0.204. The molecule has 1 saturated heterocycles. The molecule has 3 rings (SSSR count). The molecule has 0 unspecified atom stereocenters. The zero-order valence-electron chi connectivity index (χ0n) is 11.2. The van der Waals surface area contributed by atoms with Crippen LogP contribution in [0, 0.1) is 5.92 Å². The standard InChI is InChI=1S/C15H21NO2S/c17-10-11-5-7-16(8-6-11)15(18)14-9-12-3-1-2-4-13(12)19-14/h9,11,17H,1-8,10H2. The van der Waals surface area contributed by atoms with Gasteiger partial charge in [-0.2, -0.15) is 0 Å². The molecular weight excluding hydrogens is 258 g/mol. The third kappa shape index (κ3) is 2.70. The third-order valence-corrected chi connectivity index (χ3v) is 5.59. The minimum Gasteiger partial charge on any atom is -0.396 e. The summed E-state index contributed by atoms with van der Waals surface area (Å²) in [4.78, 5) is 16.8. The third-order valence-electron chi connectivity index (χ3n) is 4.37. The number of thiophene rings is 1. The Hall–Kier alpha value is -0.870. The molecule has 0 bridgehead atoms. The lowest BCUT2D eigenvalue weighted by molar-refractivity contribution is 0.0655. The van der Waals surface area contributed by atoms with Crippen LogP contribution >= 0.6 is 11.3 Å². The summed E-state index contributed by atoms with van der Waals surface area (Å²) in [5.74, 6) is 0.594. The first-order valence-electron chi connectivity index (χ1n) is 7.29. The molecule has 1 aromatic heterocycles. The maximum atomic E-state index is 12.5. The summed E-state index contributed by atoms with van der Waals surface area (Å²) in [6.07, 6.45) is 6.70. The summed E-state index contributed by atoms with van der Waals surface area (Å²) in [7, 11) is 0. The first-order valence-corrected chi connectivity index (χ1v) is 8.11. The fourth-order valence-electron chi connectivity index (χ4n) is 3.07. The van der Waals surface area contributed by atoms with Gasteiger partial charge in [-0.05, 0) is 56.1 Å². The van der Waals surface area contributed by atoms with Crippen LogP contribution in [0.4, 0.5) is 0 Å². The normalized spacial score (nSPS) is 20.4. The van der Waals surface area contributed by atoms with Crippen molar-refractivity contribution in [3.8, 4) is 0 Å². The molecule has 1 amide bonds. The number of aliphatic hydroxyl groups is 1. The second-order valence-electron chi connectivity index (χ2n) is 5.68. The molecule has 0 aromatic carbocycles. The van der Waals surface area contributed by atoms with Crippen LogP contribution in [0.15, 0.2) is 6.07 Å². The molecule has 19 heavy (non-hydrogen) atoms. The van der Waals surface area contributed by atoms with Crippen LogP contribution in [-0.4, -0.2) is 35.6 Å². The average molecular weight is 279 g/mol. The Morgan fingerprint density at radius 1 is 1.32 bits per heavy atom. The zero-order chi connectivity index (χ0) is 13.2. The van der Waals surface area contributed by atoms with E-state index < -0.39 is 0 Å². The smallest absolute Gasteiger partial charge is 0.263 e. The summed E-state index contributed by atoms with van der Waals surface area (Å²) in [6.45, 7) is 1.86. The molecule has 0 saturated carbocycles. The van der Waals surface area contributed by atoms with Gasteiger partial charge in [0.15, 0.2) is 0 Å². The van der Waals surface area contributed by atoms with Gasteiger partial charge in [-0.25, -0.2) is 0 Å². The van der Waals surface area contributed by atoms with Crippen LogP contribution in [0.3, 0.4) is 0 Å². The molecule has 1 aliphatic heterocycles. The van der Waals surface area contributed by atoms with Gasteiger partial charge in [-0.15, -0.1) is 11.3 Å². The Morgan fingerprint density at radius 2 is 2.05 bits per heavy atom. The Bertz CT molecular complexity index is 437. The molecule has 2 aliphatic rings. The highest BCUT2D eigenvalue weighted by molar-refractivity contribution is 7.14. The lowest BCUT2D eigenvalue weighted by Gasteiger charge is -2.30. The van der Waals surface area contributed by atoms with E-state index in [0.29, 0.717) is 5.92 Å². The summed E-state index contributed by atoms with van der Waals surface area (Å²) in [5.41, 5.74) is 1.41. The Labute approximate surface area is 118 Å². The molecule has 1 aromatic rings. The minimum atomic E-state index is 0.204. The summed E-state index contributed by atoms with van der Waals surface area (Å²) >= 11 is 1.70. The van der Waals surface area contributed by atoms with Crippen molar-refractivity contribution in [3.63, 3.8) is 0 Å². The van der Waals surface area contributed by atoms with Crippen LogP contribution in [0.5, 0.6) is 0 Å². The van der Waals surface area contributed by atoms with Crippen molar-refractivity contribution in [3.05, 3.63) is 21.4 Å². The van der Waals surface area contributed by atoms with Crippen LogP contribution in [0.25, 0.3) is 0 Å². The lowest BCUT2D eigenvalue weighted by Crippen LogP contribution is -2.38. The Kier molecular flexibility index (Phi) is 3.89. The van der Waals surface area contributed by atoms with Crippen molar-refractivity contribution in [1.82, 2.24) is 4.90 Å². The number of piperidine rings is 1. The molecular formula is C15H21NO2S. The van der Waals surface area contributed by atoms with Gasteiger partial charge in [-0.1, -0.05) is 0 Å². The number of nitrogens with zero attached hydrogens (tertiary/aromatic N) is 1. The lowest BCUT2D eigenvalue weighted by atomic mass is 9.97. The maximum absolute atomic E-state index is 12.5. The fourth-order valence-corrected chi connectivity index (χ4v) is 4.29. The van der Waals surface area contributed by atoms with E-state index in [-0.39, 0.29) is 12.5 Å². The van der Waals surface area contributed by atoms with Crippen molar-refractivity contribution >= 4 is 17.2 Å². The number of rotatable bonds is 2. The fraction of sp³-hybridized carbons (Fsp3) is 0.667. The summed E-state index contributed by atoms with van der Waals surface area (Å²) < 4.78 is 0. The van der Waals surface area contributed by atoms with Crippen molar-refractivity contribution in [1.29, 1.82) is 0 Å². The van der Waals surface area contributed by atoms with Gasteiger partial charge in [0.05, 0.1) is 4.88 Å². The molecule has 1 aliphatic carbocycles. The predicted molar refractivity (Wildman–Crippen MR) is 76.7 cm³/mol. The largest absolute Gasteiger partial charge is 0.396 e. The number of hydrogen-bond acceptors (Lipinski definition) is 3. The first-order chi connectivity index (χ1) is 9.28. The topological polar surface area (TPSA) is 40.5 Å². The number of fused-ring (bicyclic) bond motifs is 1. The number of carbonyl (C=O) groups excluding carboxylic acids is 1. The Morgan fingerprint density at radius 3 is 2.74 bits per heavy atom. The number of aryl methyl sites for hydroxylation is 2. The van der Waals surface area contributed by atoms with E-state index in [1.54, 1.807) is 11.3 Å². The van der Waals surface area contributed by atoms with E-state index in [2.05, 4.69) is 6.07 Å². The molecule has 4 heteroatoms. The van der Waals surface area contributed by atoms with Gasteiger partial charge in [0.2, 0.25) is 0 Å². The number of amides is 1. The highest BCUT2D eigenvalue weighted by Gasteiger charge is 2.25. The van der Waals surface area contributed by atoms with Crippen LogP contribution in [0.2, 0.25) is 0 Å². The molecule has 0 spiro atoms. The Balaban J connectivity index is 1.68.